The average Bonchev–Trinajstić information content (AvgIpc) is 2.79. The number of nitrogens with zero attached hydrogens (tertiary/aromatic N) is 3. The van der Waals surface area contributed by atoms with Crippen molar-refractivity contribution in [2.24, 2.45) is 11.0 Å². The lowest BCUT2D eigenvalue weighted by molar-refractivity contribution is -0.135. The van der Waals surface area contributed by atoms with Crippen molar-refractivity contribution in [1.82, 2.24) is 10.6 Å². The molecule has 11 nitrogen and oxygen atoms in total. The van der Waals surface area contributed by atoms with Crippen molar-refractivity contribution in [2.45, 2.75) is 45.1 Å². The van der Waals surface area contributed by atoms with E-state index in [2.05, 4.69) is 20.7 Å². The molecule has 176 valence electrons. The molecule has 0 saturated heterocycles. The van der Waals surface area contributed by atoms with Crippen LogP contribution in [0.15, 0.2) is 35.4 Å². The van der Waals surface area contributed by atoms with Crippen molar-refractivity contribution < 1.29 is 29.1 Å². The van der Waals surface area contributed by atoms with Crippen LogP contribution in [0.4, 0.5) is 0 Å². The van der Waals surface area contributed by atoms with Gasteiger partial charge in [-0.25, -0.2) is 0 Å². The maximum atomic E-state index is 12.9. The highest BCUT2D eigenvalue weighted by Gasteiger charge is 2.27. The molecule has 2 atom stereocenters. The van der Waals surface area contributed by atoms with E-state index in [1.807, 2.05) is 13.0 Å². The number of Topliss-reactive ketones (excluding diaryl/α,β-unsaturated/α-hetero) is 2. The molecule has 1 aromatic rings. The van der Waals surface area contributed by atoms with Gasteiger partial charge < -0.3 is 15.7 Å². The SMILES string of the molecule is CCC[C@H](CC(=O)[CH]NC(=O)CN=[N+]=[N-])C(=O)N[C@H](Cc1ccccc1)C(=O)C[CH]C(=O)O. The zero-order chi connectivity index (χ0) is 24.6. The second-order valence-corrected chi connectivity index (χ2v) is 7.22. The molecule has 0 unspecified atom stereocenters. The van der Waals surface area contributed by atoms with E-state index in [4.69, 9.17) is 10.6 Å². The molecule has 1 rings (SSSR count). The van der Waals surface area contributed by atoms with E-state index in [1.54, 1.807) is 24.3 Å². The van der Waals surface area contributed by atoms with Gasteiger partial charge in [0.15, 0.2) is 11.6 Å². The van der Waals surface area contributed by atoms with E-state index in [1.165, 1.54) is 0 Å². The first-order valence-electron chi connectivity index (χ1n) is 10.4. The van der Waals surface area contributed by atoms with E-state index in [9.17, 15) is 24.0 Å². The van der Waals surface area contributed by atoms with Crippen LogP contribution in [0.5, 0.6) is 0 Å². The summed E-state index contributed by atoms with van der Waals surface area (Å²) in [4.78, 5) is 62.4. The van der Waals surface area contributed by atoms with Crippen molar-refractivity contribution in [1.29, 1.82) is 0 Å². The zero-order valence-corrected chi connectivity index (χ0v) is 18.3. The maximum Gasteiger partial charge on any atom is 0.307 e. The second-order valence-electron chi connectivity index (χ2n) is 7.22. The van der Waals surface area contributed by atoms with Crippen molar-refractivity contribution in [3.8, 4) is 0 Å². The second kappa shape index (κ2) is 15.1. The molecule has 0 aliphatic rings. The van der Waals surface area contributed by atoms with Crippen molar-refractivity contribution in [3.05, 3.63) is 59.3 Å². The number of carboxylic acid groups (broad SMARTS) is 1. The lowest BCUT2D eigenvalue weighted by Gasteiger charge is -2.22. The largest absolute Gasteiger partial charge is 0.481 e. The monoisotopic (exact) mass is 457 g/mol. The molecule has 0 heterocycles. The molecule has 0 aromatic heterocycles. The third-order valence-corrected chi connectivity index (χ3v) is 4.59. The van der Waals surface area contributed by atoms with E-state index < -0.39 is 47.9 Å². The molecule has 3 N–H and O–H groups in total. The number of ketones is 2. The highest BCUT2D eigenvalue weighted by atomic mass is 16.4. The summed E-state index contributed by atoms with van der Waals surface area (Å²) in [5.74, 6) is -4.14. The molecule has 1 aromatic carbocycles. The van der Waals surface area contributed by atoms with Gasteiger partial charge in [-0.1, -0.05) is 48.8 Å². The van der Waals surface area contributed by atoms with Crippen molar-refractivity contribution >= 4 is 29.4 Å². The molecule has 0 fully saturated rings. The molecule has 33 heavy (non-hydrogen) atoms. The third kappa shape index (κ3) is 11.5. The Morgan fingerprint density at radius 1 is 1.18 bits per heavy atom. The molecule has 2 radical (unpaired) electrons. The fraction of sp³-hybridized carbons (Fsp3) is 0.409. The van der Waals surface area contributed by atoms with Crippen LogP contribution in [0.25, 0.3) is 10.4 Å². The number of aliphatic carboxylic acids is 1. The first-order chi connectivity index (χ1) is 15.8. The van der Waals surface area contributed by atoms with Crippen LogP contribution in [0, 0.1) is 18.9 Å². The van der Waals surface area contributed by atoms with Gasteiger partial charge in [-0.15, -0.1) is 0 Å². The first-order valence-corrected chi connectivity index (χ1v) is 10.4. The van der Waals surface area contributed by atoms with E-state index in [0.29, 0.717) is 12.8 Å². The van der Waals surface area contributed by atoms with Gasteiger partial charge in [-0.05, 0) is 23.9 Å². The summed E-state index contributed by atoms with van der Waals surface area (Å²) in [6.07, 6.45) is 1.41. The minimum absolute atomic E-state index is 0.174. The standard InChI is InChI=1S/C22H27N5O6/c1-2-6-16(12-17(28)13-24-20(30)14-25-27-23)22(33)26-18(19(29)9-10-21(31)32)11-15-7-4-3-5-8-15/h3-5,7-8,10,13,16,18H,2,6,9,11-12,14H2,1H3,(H,24,30)(H,26,33)(H,31,32)/t16-,18-/m1/s1. The van der Waals surface area contributed by atoms with Crippen molar-refractivity contribution in [2.75, 3.05) is 6.54 Å². The van der Waals surface area contributed by atoms with Gasteiger partial charge in [0.2, 0.25) is 11.8 Å². The number of carboxylic acids is 1. The smallest absolute Gasteiger partial charge is 0.307 e. The zero-order valence-electron chi connectivity index (χ0n) is 18.3. The molecule has 11 heteroatoms. The Hall–Kier alpha value is -3.72. The highest BCUT2D eigenvalue weighted by Crippen LogP contribution is 2.15. The summed E-state index contributed by atoms with van der Waals surface area (Å²) in [6.45, 7) is 2.29. The van der Waals surface area contributed by atoms with Gasteiger partial charge in [0.05, 0.1) is 12.5 Å². The Labute approximate surface area is 191 Å². The van der Waals surface area contributed by atoms with Gasteiger partial charge in [0, 0.05) is 23.7 Å². The molecule has 0 aliphatic heterocycles. The summed E-state index contributed by atoms with van der Waals surface area (Å²) in [5.41, 5.74) is 8.98. The fourth-order valence-corrected chi connectivity index (χ4v) is 2.99. The van der Waals surface area contributed by atoms with Crippen molar-refractivity contribution in [3.63, 3.8) is 0 Å². The molecular weight excluding hydrogens is 430 g/mol. The van der Waals surface area contributed by atoms with E-state index in [0.717, 1.165) is 18.5 Å². The molecule has 0 saturated carbocycles. The van der Waals surface area contributed by atoms with E-state index >= 15 is 0 Å². The minimum atomic E-state index is -1.24. The number of carbonyl (C=O) groups is 5. The lowest BCUT2D eigenvalue weighted by atomic mass is 9.94. The fourth-order valence-electron chi connectivity index (χ4n) is 2.99. The lowest BCUT2D eigenvalue weighted by Crippen LogP contribution is -2.45. The number of hydrogen-bond donors (Lipinski definition) is 3. The summed E-state index contributed by atoms with van der Waals surface area (Å²) >= 11 is 0. The normalized spacial score (nSPS) is 12.0. The van der Waals surface area contributed by atoms with Gasteiger partial charge >= 0.3 is 5.97 Å². The Kier molecular flexibility index (Phi) is 12.5. The summed E-state index contributed by atoms with van der Waals surface area (Å²) in [5, 5.41) is 16.8. The Morgan fingerprint density at radius 2 is 1.88 bits per heavy atom. The molecule has 0 aliphatic carbocycles. The number of hydrogen-bond acceptors (Lipinski definition) is 6. The molecule has 0 bridgehead atoms. The van der Waals surface area contributed by atoms with Crippen LogP contribution in [0.3, 0.4) is 0 Å². The summed E-state index contributed by atoms with van der Waals surface area (Å²) in [7, 11) is 0. The maximum absolute atomic E-state index is 12.9. The Bertz CT molecular complexity index is 883. The number of benzene rings is 1. The van der Waals surface area contributed by atoms with Crippen LogP contribution in [-0.4, -0.2) is 47.0 Å². The molecule has 0 spiro atoms. The molecular formula is C22H27N5O6. The van der Waals surface area contributed by atoms with Gasteiger partial charge in [0.25, 0.3) is 0 Å². The minimum Gasteiger partial charge on any atom is -0.481 e. The topological polar surface area (TPSA) is 178 Å². The highest BCUT2D eigenvalue weighted by molar-refractivity contribution is 5.96. The number of azide groups is 1. The number of rotatable bonds is 16. The van der Waals surface area contributed by atoms with E-state index in [-0.39, 0.29) is 19.3 Å². The first kappa shape index (κ1) is 27.3. The van der Waals surface area contributed by atoms with Gasteiger partial charge in [-0.2, -0.15) is 0 Å². The van der Waals surface area contributed by atoms with Gasteiger partial charge in [-0.3, -0.25) is 24.0 Å². The van der Waals surface area contributed by atoms with Crippen LogP contribution < -0.4 is 10.6 Å². The predicted octanol–water partition coefficient (Wildman–Crippen LogP) is 1.93. The quantitative estimate of drug-likeness (QED) is 0.194. The average molecular weight is 457 g/mol. The number of amides is 2. The molecule has 2 amide bonds. The Balaban J connectivity index is 2.82. The Morgan fingerprint density at radius 3 is 2.48 bits per heavy atom. The summed E-state index contributed by atoms with van der Waals surface area (Å²) < 4.78 is 0. The van der Waals surface area contributed by atoms with Crippen LogP contribution >= 0.6 is 0 Å². The van der Waals surface area contributed by atoms with Gasteiger partial charge in [0.1, 0.15) is 13.1 Å². The summed E-state index contributed by atoms with van der Waals surface area (Å²) in [6, 6.07) is 7.99. The number of carbonyl (C=O) groups excluding carboxylic acids is 4. The third-order valence-electron chi connectivity index (χ3n) is 4.59. The van der Waals surface area contributed by atoms with Crippen LogP contribution in [-0.2, 0) is 30.4 Å². The van der Waals surface area contributed by atoms with Crippen LogP contribution in [0.1, 0.15) is 38.2 Å². The van der Waals surface area contributed by atoms with Crippen LogP contribution in [0.2, 0.25) is 0 Å². The predicted molar refractivity (Wildman–Crippen MR) is 118 cm³/mol. The number of nitrogens with one attached hydrogen (secondary N) is 2.